The molecule has 1 heterocycles. The lowest BCUT2D eigenvalue weighted by Gasteiger charge is -2.25. The van der Waals surface area contributed by atoms with Crippen molar-refractivity contribution < 1.29 is 17.6 Å². The van der Waals surface area contributed by atoms with Crippen LogP contribution in [0.4, 0.5) is 10.1 Å². The molecule has 27 heavy (non-hydrogen) atoms. The van der Waals surface area contributed by atoms with Crippen LogP contribution in [-0.4, -0.2) is 31.7 Å². The molecule has 1 aliphatic rings. The summed E-state index contributed by atoms with van der Waals surface area (Å²) in [6.07, 6.45) is 2.79. The zero-order valence-electron chi connectivity index (χ0n) is 14.6. The lowest BCUT2D eigenvalue weighted by Crippen LogP contribution is -2.35. The van der Waals surface area contributed by atoms with E-state index in [1.807, 2.05) is 0 Å². The first kappa shape index (κ1) is 19.8. The van der Waals surface area contributed by atoms with Gasteiger partial charge in [-0.15, -0.1) is 0 Å². The van der Waals surface area contributed by atoms with Crippen molar-refractivity contribution in [3.63, 3.8) is 0 Å². The number of amides is 1. The Balaban J connectivity index is 1.66. The third-order valence-electron chi connectivity index (χ3n) is 4.44. The molecule has 0 unspecified atom stereocenters. The van der Waals surface area contributed by atoms with Crippen molar-refractivity contribution >= 4 is 33.2 Å². The first-order valence-corrected chi connectivity index (χ1v) is 10.5. The Kier molecular flexibility index (Phi) is 6.14. The molecule has 0 atom stereocenters. The molecule has 0 aromatic heterocycles. The van der Waals surface area contributed by atoms with Crippen LogP contribution in [0.3, 0.4) is 0 Å². The Labute approximate surface area is 163 Å². The first-order valence-electron chi connectivity index (χ1n) is 8.70. The van der Waals surface area contributed by atoms with E-state index in [2.05, 4.69) is 5.32 Å². The number of halogens is 2. The molecule has 0 saturated carbocycles. The maximum Gasteiger partial charge on any atom is 0.243 e. The maximum atomic E-state index is 13.7. The highest BCUT2D eigenvalue weighted by Crippen LogP contribution is 2.22. The van der Waals surface area contributed by atoms with Gasteiger partial charge in [0.2, 0.25) is 15.9 Å². The predicted octanol–water partition coefficient (Wildman–Crippen LogP) is 3.83. The first-order chi connectivity index (χ1) is 12.9. The largest absolute Gasteiger partial charge is 0.323 e. The van der Waals surface area contributed by atoms with Crippen LogP contribution >= 0.6 is 11.6 Å². The smallest absolute Gasteiger partial charge is 0.243 e. The Morgan fingerprint density at radius 2 is 1.74 bits per heavy atom. The van der Waals surface area contributed by atoms with Crippen LogP contribution in [0.15, 0.2) is 47.4 Å². The molecule has 1 aliphatic heterocycles. The second-order valence-corrected chi connectivity index (χ2v) is 8.83. The van der Waals surface area contributed by atoms with Gasteiger partial charge in [0, 0.05) is 18.1 Å². The van der Waals surface area contributed by atoms with Crippen LogP contribution in [0.2, 0.25) is 5.02 Å². The summed E-state index contributed by atoms with van der Waals surface area (Å²) in [5.41, 5.74) is 0.643. The molecule has 0 bridgehead atoms. The van der Waals surface area contributed by atoms with Gasteiger partial charge >= 0.3 is 0 Å². The topological polar surface area (TPSA) is 66.5 Å². The number of sulfonamides is 1. The molecule has 144 valence electrons. The fraction of sp³-hybridized carbons (Fsp3) is 0.316. The fourth-order valence-electron chi connectivity index (χ4n) is 3.01. The summed E-state index contributed by atoms with van der Waals surface area (Å²) in [5.74, 6) is -0.987. The van der Waals surface area contributed by atoms with Gasteiger partial charge < -0.3 is 5.32 Å². The van der Waals surface area contributed by atoms with Crippen LogP contribution in [-0.2, 0) is 21.2 Å². The van der Waals surface area contributed by atoms with E-state index in [1.165, 1.54) is 34.6 Å². The van der Waals surface area contributed by atoms with Crippen molar-refractivity contribution in [1.82, 2.24) is 4.31 Å². The quantitative estimate of drug-likeness (QED) is 0.814. The molecule has 8 heteroatoms. The average molecular weight is 411 g/mol. The SMILES string of the molecule is O=C(Cc1ccc(S(=O)(=O)N2CCCCC2)cc1)Nc1cc(Cl)ccc1F. The minimum Gasteiger partial charge on any atom is -0.323 e. The number of rotatable bonds is 5. The van der Waals surface area contributed by atoms with E-state index in [9.17, 15) is 17.6 Å². The van der Waals surface area contributed by atoms with E-state index in [0.717, 1.165) is 19.3 Å². The highest BCUT2D eigenvalue weighted by Gasteiger charge is 2.25. The summed E-state index contributed by atoms with van der Waals surface area (Å²) in [5, 5.41) is 2.79. The fourth-order valence-corrected chi connectivity index (χ4v) is 4.70. The van der Waals surface area contributed by atoms with Gasteiger partial charge in [0.25, 0.3) is 0 Å². The number of nitrogens with zero attached hydrogens (tertiary/aromatic N) is 1. The van der Waals surface area contributed by atoms with Crippen molar-refractivity contribution in [3.05, 3.63) is 58.9 Å². The third-order valence-corrected chi connectivity index (χ3v) is 6.59. The molecule has 0 spiro atoms. The van der Waals surface area contributed by atoms with Crippen LogP contribution in [0.25, 0.3) is 0 Å². The second-order valence-electron chi connectivity index (χ2n) is 6.46. The molecule has 1 amide bonds. The van der Waals surface area contributed by atoms with Crippen molar-refractivity contribution in [2.24, 2.45) is 0 Å². The molecular formula is C19H20ClFN2O3S. The molecule has 1 N–H and O–H groups in total. The van der Waals surface area contributed by atoms with Gasteiger partial charge in [0.1, 0.15) is 5.82 Å². The van der Waals surface area contributed by atoms with Gasteiger partial charge in [-0.3, -0.25) is 4.79 Å². The van der Waals surface area contributed by atoms with E-state index in [-0.39, 0.29) is 17.0 Å². The van der Waals surface area contributed by atoms with Gasteiger partial charge in [0.05, 0.1) is 17.0 Å². The van der Waals surface area contributed by atoms with Gasteiger partial charge in [0.15, 0.2) is 0 Å². The van der Waals surface area contributed by atoms with Crippen molar-refractivity contribution in [1.29, 1.82) is 0 Å². The number of piperidine rings is 1. The number of benzene rings is 2. The van der Waals surface area contributed by atoms with Crippen molar-refractivity contribution in [3.8, 4) is 0 Å². The number of carbonyl (C=O) groups excluding carboxylic acids is 1. The molecular weight excluding hydrogens is 391 g/mol. The lowest BCUT2D eigenvalue weighted by atomic mass is 10.1. The summed E-state index contributed by atoms with van der Waals surface area (Å²) in [4.78, 5) is 12.3. The van der Waals surface area contributed by atoms with Crippen molar-refractivity contribution in [2.45, 2.75) is 30.6 Å². The lowest BCUT2D eigenvalue weighted by molar-refractivity contribution is -0.115. The third kappa shape index (κ3) is 4.86. The molecule has 1 fully saturated rings. The van der Waals surface area contributed by atoms with E-state index >= 15 is 0 Å². The normalized spacial score (nSPS) is 15.5. The summed E-state index contributed by atoms with van der Waals surface area (Å²) in [6.45, 7) is 1.08. The molecule has 5 nitrogen and oxygen atoms in total. The Morgan fingerprint density at radius 1 is 1.07 bits per heavy atom. The van der Waals surface area contributed by atoms with E-state index in [4.69, 9.17) is 11.6 Å². The zero-order chi connectivity index (χ0) is 19.4. The summed E-state index contributed by atoms with van der Waals surface area (Å²) >= 11 is 5.81. The van der Waals surface area contributed by atoms with E-state index in [1.54, 1.807) is 12.1 Å². The van der Waals surface area contributed by atoms with Gasteiger partial charge in [-0.2, -0.15) is 4.31 Å². The van der Waals surface area contributed by atoms with Crippen LogP contribution < -0.4 is 5.32 Å². The second kappa shape index (κ2) is 8.37. The highest BCUT2D eigenvalue weighted by molar-refractivity contribution is 7.89. The van der Waals surface area contributed by atoms with Gasteiger partial charge in [-0.05, 0) is 48.7 Å². The zero-order valence-corrected chi connectivity index (χ0v) is 16.2. The molecule has 3 rings (SSSR count). The van der Waals surface area contributed by atoms with E-state index in [0.29, 0.717) is 23.7 Å². The number of nitrogens with one attached hydrogen (secondary N) is 1. The molecule has 2 aromatic carbocycles. The number of anilines is 1. The Bertz CT molecular complexity index is 926. The highest BCUT2D eigenvalue weighted by atomic mass is 35.5. The Morgan fingerprint density at radius 3 is 2.41 bits per heavy atom. The predicted molar refractivity (Wildman–Crippen MR) is 103 cm³/mol. The number of carbonyl (C=O) groups is 1. The monoisotopic (exact) mass is 410 g/mol. The summed E-state index contributed by atoms with van der Waals surface area (Å²) in [6, 6.07) is 10.1. The maximum absolute atomic E-state index is 13.7. The van der Waals surface area contributed by atoms with E-state index < -0.39 is 21.7 Å². The summed E-state index contributed by atoms with van der Waals surface area (Å²) < 4.78 is 40.4. The van der Waals surface area contributed by atoms with Crippen LogP contribution in [0.5, 0.6) is 0 Å². The molecule has 2 aromatic rings. The number of hydrogen-bond acceptors (Lipinski definition) is 3. The van der Waals surface area contributed by atoms with Crippen LogP contribution in [0, 0.1) is 5.82 Å². The molecule has 0 radical (unpaired) electrons. The van der Waals surface area contributed by atoms with Crippen molar-refractivity contribution in [2.75, 3.05) is 18.4 Å². The number of hydrogen-bond donors (Lipinski definition) is 1. The minimum absolute atomic E-state index is 0.00397. The minimum atomic E-state index is -3.50. The van der Waals surface area contributed by atoms with Crippen LogP contribution in [0.1, 0.15) is 24.8 Å². The average Bonchev–Trinajstić information content (AvgIpc) is 2.66. The van der Waals surface area contributed by atoms with Gasteiger partial charge in [-0.1, -0.05) is 30.2 Å². The summed E-state index contributed by atoms with van der Waals surface area (Å²) in [7, 11) is -3.50. The standard InChI is InChI=1S/C19H20ClFN2O3S/c20-15-6-9-17(21)18(13-15)22-19(24)12-14-4-7-16(8-5-14)27(25,26)23-10-2-1-3-11-23/h4-9,13H,1-3,10-12H2,(H,22,24). The Hall–Kier alpha value is -1.96. The molecule has 1 saturated heterocycles. The van der Waals surface area contributed by atoms with Gasteiger partial charge in [-0.25, -0.2) is 12.8 Å². The molecule has 0 aliphatic carbocycles.